The third-order valence-electron chi connectivity index (χ3n) is 3.05. The summed E-state index contributed by atoms with van der Waals surface area (Å²) >= 11 is 1.51. The van der Waals surface area contributed by atoms with Crippen LogP contribution in [0.5, 0.6) is 0 Å². The van der Waals surface area contributed by atoms with Crippen molar-refractivity contribution in [3.63, 3.8) is 0 Å². The monoisotopic (exact) mass is 278 g/mol. The van der Waals surface area contributed by atoms with Crippen LogP contribution in [0.3, 0.4) is 0 Å². The van der Waals surface area contributed by atoms with E-state index < -0.39 is 0 Å². The van der Waals surface area contributed by atoms with Crippen molar-refractivity contribution in [2.75, 3.05) is 16.4 Å². The van der Waals surface area contributed by atoms with Crippen LogP contribution >= 0.6 is 11.8 Å². The number of hydrogen-bond acceptors (Lipinski definition) is 3. The van der Waals surface area contributed by atoms with E-state index in [1.54, 1.807) is 0 Å². The van der Waals surface area contributed by atoms with E-state index in [1.165, 1.54) is 11.8 Å². The molecule has 1 aromatic rings. The third-order valence-corrected chi connectivity index (χ3v) is 4.12. The number of carbonyl (C=O) groups is 2. The smallest absolute Gasteiger partial charge is 0.234 e. The number of hydrogen-bond donors (Lipinski definition) is 2. The van der Waals surface area contributed by atoms with Gasteiger partial charge in [0.05, 0.1) is 11.4 Å². The Morgan fingerprint density at radius 1 is 1.53 bits per heavy atom. The minimum atomic E-state index is 0.000303. The molecule has 1 aromatic carbocycles. The highest BCUT2D eigenvalue weighted by Gasteiger charge is 2.17. The normalized spacial score (nSPS) is 15.4. The van der Waals surface area contributed by atoms with Gasteiger partial charge in [-0.3, -0.25) is 9.59 Å². The molecule has 0 spiro atoms. The molecule has 0 radical (unpaired) electrons. The van der Waals surface area contributed by atoms with Crippen molar-refractivity contribution < 1.29 is 9.59 Å². The van der Waals surface area contributed by atoms with E-state index in [2.05, 4.69) is 17.6 Å². The molecule has 1 heterocycles. The predicted octanol–water partition coefficient (Wildman–Crippen LogP) is 3.11. The zero-order chi connectivity index (χ0) is 13.8. The summed E-state index contributed by atoms with van der Waals surface area (Å²) in [6.07, 6.45) is 1.87. The summed E-state index contributed by atoms with van der Waals surface area (Å²) in [5, 5.41) is 5.71. The summed E-state index contributed by atoms with van der Waals surface area (Å²) in [6.45, 7) is 3.99. The molecular weight excluding hydrogens is 260 g/mol. The molecule has 0 aliphatic carbocycles. The SMILES string of the molecule is CCCC(C)C(=O)Nc1ccc2c(c1)NC(=O)CS2. The van der Waals surface area contributed by atoms with Crippen LogP contribution < -0.4 is 10.6 Å². The Hall–Kier alpha value is -1.49. The van der Waals surface area contributed by atoms with Crippen molar-refractivity contribution in [3.8, 4) is 0 Å². The molecule has 1 unspecified atom stereocenters. The fourth-order valence-corrected chi connectivity index (χ4v) is 2.78. The molecule has 2 rings (SSSR count). The van der Waals surface area contributed by atoms with Crippen LogP contribution in [0.4, 0.5) is 11.4 Å². The van der Waals surface area contributed by atoms with E-state index in [1.807, 2.05) is 25.1 Å². The molecule has 0 bridgehead atoms. The number of rotatable bonds is 4. The molecule has 0 fully saturated rings. The first-order chi connectivity index (χ1) is 9.10. The Bertz CT molecular complexity index is 502. The van der Waals surface area contributed by atoms with E-state index in [4.69, 9.17) is 0 Å². The maximum atomic E-state index is 11.9. The van der Waals surface area contributed by atoms with Crippen LogP contribution in [0.15, 0.2) is 23.1 Å². The minimum absolute atomic E-state index is 0.000303. The van der Waals surface area contributed by atoms with E-state index in [-0.39, 0.29) is 17.7 Å². The van der Waals surface area contributed by atoms with Crippen LogP contribution in [-0.2, 0) is 9.59 Å². The van der Waals surface area contributed by atoms with Gasteiger partial charge in [-0.2, -0.15) is 0 Å². The molecule has 4 nitrogen and oxygen atoms in total. The summed E-state index contributed by atoms with van der Waals surface area (Å²) < 4.78 is 0. The van der Waals surface area contributed by atoms with Crippen molar-refractivity contribution in [1.82, 2.24) is 0 Å². The highest BCUT2D eigenvalue weighted by atomic mass is 32.2. The van der Waals surface area contributed by atoms with Crippen molar-refractivity contribution >= 4 is 35.0 Å². The van der Waals surface area contributed by atoms with Crippen LogP contribution in [0.1, 0.15) is 26.7 Å². The Kier molecular flexibility index (Phi) is 4.47. The minimum Gasteiger partial charge on any atom is -0.326 e. The summed E-state index contributed by atoms with van der Waals surface area (Å²) in [7, 11) is 0. The summed E-state index contributed by atoms with van der Waals surface area (Å²) in [6, 6.07) is 5.62. The summed E-state index contributed by atoms with van der Waals surface area (Å²) in [5.74, 6) is 0.480. The predicted molar refractivity (Wildman–Crippen MR) is 78.5 cm³/mol. The lowest BCUT2D eigenvalue weighted by atomic mass is 10.1. The fourth-order valence-electron chi connectivity index (χ4n) is 1.99. The summed E-state index contributed by atoms with van der Waals surface area (Å²) in [5.41, 5.74) is 1.51. The molecule has 0 saturated carbocycles. The van der Waals surface area contributed by atoms with Gasteiger partial charge < -0.3 is 10.6 Å². The molecule has 5 heteroatoms. The van der Waals surface area contributed by atoms with Gasteiger partial charge in [-0.05, 0) is 24.6 Å². The Balaban J connectivity index is 2.08. The van der Waals surface area contributed by atoms with Crippen LogP contribution in [0.25, 0.3) is 0 Å². The summed E-state index contributed by atoms with van der Waals surface area (Å²) in [4.78, 5) is 24.3. The quantitative estimate of drug-likeness (QED) is 0.889. The number of anilines is 2. The average molecular weight is 278 g/mol. The molecular formula is C14H18N2O2S. The van der Waals surface area contributed by atoms with Crippen molar-refractivity contribution in [3.05, 3.63) is 18.2 Å². The topological polar surface area (TPSA) is 58.2 Å². The standard InChI is InChI=1S/C14H18N2O2S/c1-3-4-9(2)14(18)15-10-5-6-12-11(7-10)16-13(17)8-19-12/h5-7,9H,3-4,8H2,1-2H3,(H,15,18)(H,16,17). The van der Waals surface area contributed by atoms with Gasteiger partial charge in [0.1, 0.15) is 0 Å². The highest BCUT2D eigenvalue weighted by molar-refractivity contribution is 8.00. The Morgan fingerprint density at radius 3 is 3.05 bits per heavy atom. The second kappa shape index (κ2) is 6.10. The lowest BCUT2D eigenvalue weighted by Crippen LogP contribution is -2.21. The number of fused-ring (bicyclic) bond motifs is 1. The zero-order valence-electron chi connectivity index (χ0n) is 11.2. The second-order valence-corrected chi connectivity index (χ2v) is 5.74. The molecule has 102 valence electrons. The number of thioether (sulfide) groups is 1. The van der Waals surface area contributed by atoms with Crippen molar-refractivity contribution in [2.45, 2.75) is 31.6 Å². The number of carbonyl (C=O) groups excluding carboxylic acids is 2. The van der Waals surface area contributed by atoms with Gasteiger partial charge in [0, 0.05) is 16.5 Å². The first-order valence-corrected chi connectivity index (χ1v) is 7.46. The maximum Gasteiger partial charge on any atom is 0.234 e. The first-order valence-electron chi connectivity index (χ1n) is 6.47. The molecule has 1 aliphatic heterocycles. The Labute approximate surface area is 117 Å². The van der Waals surface area contributed by atoms with E-state index in [9.17, 15) is 9.59 Å². The van der Waals surface area contributed by atoms with Crippen molar-refractivity contribution in [1.29, 1.82) is 0 Å². The molecule has 0 aromatic heterocycles. The van der Waals surface area contributed by atoms with Crippen LogP contribution in [0.2, 0.25) is 0 Å². The maximum absolute atomic E-state index is 11.9. The fraction of sp³-hybridized carbons (Fsp3) is 0.429. The van der Waals surface area contributed by atoms with Crippen LogP contribution in [0, 0.1) is 5.92 Å². The van der Waals surface area contributed by atoms with Crippen molar-refractivity contribution in [2.24, 2.45) is 5.92 Å². The Morgan fingerprint density at radius 2 is 2.32 bits per heavy atom. The molecule has 2 amide bonds. The van der Waals surface area contributed by atoms with E-state index >= 15 is 0 Å². The van der Waals surface area contributed by atoms with Gasteiger partial charge in [0.15, 0.2) is 0 Å². The van der Waals surface area contributed by atoms with E-state index in [0.29, 0.717) is 5.75 Å². The van der Waals surface area contributed by atoms with Gasteiger partial charge in [-0.15, -0.1) is 11.8 Å². The second-order valence-electron chi connectivity index (χ2n) is 4.73. The number of amides is 2. The van der Waals surface area contributed by atoms with E-state index in [0.717, 1.165) is 29.1 Å². The molecule has 2 N–H and O–H groups in total. The molecule has 1 atom stereocenters. The van der Waals surface area contributed by atoms with Gasteiger partial charge >= 0.3 is 0 Å². The van der Waals surface area contributed by atoms with Gasteiger partial charge in [-0.25, -0.2) is 0 Å². The number of benzene rings is 1. The largest absolute Gasteiger partial charge is 0.326 e. The molecule has 1 aliphatic rings. The molecule has 19 heavy (non-hydrogen) atoms. The average Bonchev–Trinajstić information content (AvgIpc) is 2.38. The van der Waals surface area contributed by atoms with Crippen LogP contribution in [-0.4, -0.2) is 17.6 Å². The van der Waals surface area contributed by atoms with Gasteiger partial charge in [-0.1, -0.05) is 20.3 Å². The molecule has 0 saturated heterocycles. The lowest BCUT2D eigenvalue weighted by Gasteiger charge is -2.18. The number of nitrogens with one attached hydrogen (secondary N) is 2. The lowest BCUT2D eigenvalue weighted by molar-refractivity contribution is -0.119. The highest BCUT2D eigenvalue weighted by Crippen LogP contribution is 2.33. The zero-order valence-corrected chi connectivity index (χ0v) is 12.0. The van der Waals surface area contributed by atoms with Gasteiger partial charge in [0.2, 0.25) is 11.8 Å². The van der Waals surface area contributed by atoms with Gasteiger partial charge in [0.25, 0.3) is 0 Å². The first kappa shape index (κ1) is 13.9. The third kappa shape index (κ3) is 3.50.